The Balaban J connectivity index is 1.50. The number of nitrogens with zero attached hydrogens (tertiary/aromatic N) is 5. The Labute approximate surface area is 215 Å². The second kappa shape index (κ2) is 12.0. The number of benzene rings is 2. The maximum Gasteiger partial charge on any atom is 0.247 e. The van der Waals surface area contributed by atoms with Crippen molar-refractivity contribution >= 4 is 23.4 Å². The molecule has 0 radical (unpaired) electrons. The maximum atomic E-state index is 13.5. The van der Waals surface area contributed by atoms with Gasteiger partial charge in [0.15, 0.2) is 0 Å². The first-order valence-electron chi connectivity index (χ1n) is 12.2. The summed E-state index contributed by atoms with van der Waals surface area (Å²) in [5, 5.41) is 16.2. The van der Waals surface area contributed by atoms with E-state index >= 15 is 0 Å². The van der Waals surface area contributed by atoms with Crippen molar-refractivity contribution in [3.05, 3.63) is 59.1 Å². The molecule has 1 heterocycles. The molecular formula is C26H31ClN6O3. The van der Waals surface area contributed by atoms with E-state index in [4.69, 9.17) is 16.3 Å². The van der Waals surface area contributed by atoms with Crippen LogP contribution in [0.15, 0.2) is 48.5 Å². The molecule has 1 aromatic heterocycles. The van der Waals surface area contributed by atoms with E-state index in [1.165, 1.54) is 16.1 Å². The Morgan fingerprint density at radius 2 is 1.86 bits per heavy atom. The summed E-state index contributed by atoms with van der Waals surface area (Å²) in [5.41, 5.74) is 1.51. The number of methoxy groups -OCH3 is 1. The Morgan fingerprint density at radius 3 is 2.56 bits per heavy atom. The van der Waals surface area contributed by atoms with Gasteiger partial charge < -0.3 is 15.0 Å². The van der Waals surface area contributed by atoms with Gasteiger partial charge in [-0.1, -0.05) is 49.1 Å². The number of rotatable bonds is 9. The molecule has 9 nitrogen and oxygen atoms in total. The Morgan fingerprint density at radius 1 is 1.14 bits per heavy atom. The number of amides is 2. The Hall–Kier alpha value is -3.46. The summed E-state index contributed by atoms with van der Waals surface area (Å²) >= 11 is 6.38. The predicted octanol–water partition coefficient (Wildman–Crippen LogP) is 3.87. The lowest BCUT2D eigenvalue weighted by molar-refractivity contribution is -0.141. The van der Waals surface area contributed by atoms with Crippen LogP contribution in [0, 0.1) is 0 Å². The van der Waals surface area contributed by atoms with Crippen LogP contribution in [0.4, 0.5) is 0 Å². The van der Waals surface area contributed by atoms with E-state index in [0.717, 1.165) is 42.6 Å². The van der Waals surface area contributed by atoms with Crippen LogP contribution >= 0.6 is 11.6 Å². The standard InChI is InChI=1S/C26H31ClN6O3/c1-18(26(35)28-21-9-4-3-5-10-21)32(16-20-8-6-7-11-23(20)27)24(34)17-33-30-25(29-31-33)19-12-14-22(36-2)15-13-19/h6-8,11-15,18,21H,3-5,9-10,16-17H2,1-2H3,(H,28,35). The van der Waals surface area contributed by atoms with Crippen molar-refractivity contribution in [2.75, 3.05) is 7.11 Å². The zero-order chi connectivity index (χ0) is 25.5. The van der Waals surface area contributed by atoms with Crippen LogP contribution in [0.1, 0.15) is 44.6 Å². The lowest BCUT2D eigenvalue weighted by Crippen LogP contribution is -2.51. The first-order valence-corrected chi connectivity index (χ1v) is 12.6. The third-order valence-corrected chi connectivity index (χ3v) is 6.86. The Bertz CT molecular complexity index is 1180. The Kier molecular flexibility index (Phi) is 8.53. The van der Waals surface area contributed by atoms with Crippen molar-refractivity contribution in [1.29, 1.82) is 0 Å². The molecule has 3 aromatic rings. The average molecular weight is 511 g/mol. The van der Waals surface area contributed by atoms with E-state index < -0.39 is 6.04 Å². The number of aromatic nitrogens is 4. The van der Waals surface area contributed by atoms with Crippen LogP contribution < -0.4 is 10.1 Å². The van der Waals surface area contributed by atoms with Crippen molar-refractivity contribution in [3.8, 4) is 17.1 Å². The molecule has 0 saturated heterocycles. The van der Waals surface area contributed by atoms with E-state index in [0.29, 0.717) is 10.8 Å². The predicted molar refractivity (Wildman–Crippen MR) is 136 cm³/mol. The number of ether oxygens (including phenoxy) is 1. The summed E-state index contributed by atoms with van der Waals surface area (Å²) in [5.74, 6) is 0.635. The number of tetrazole rings is 1. The van der Waals surface area contributed by atoms with Gasteiger partial charge in [0.05, 0.1) is 7.11 Å². The van der Waals surface area contributed by atoms with Gasteiger partial charge in [-0.25, -0.2) is 0 Å². The largest absolute Gasteiger partial charge is 0.497 e. The van der Waals surface area contributed by atoms with Gasteiger partial charge in [0.1, 0.15) is 18.3 Å². The van der Waals surface area contributed by atoms with Crippen molar-refractivity contribution in [3.63, 3.8) is 0 Å². The number of hydrogen-bond acceptors (Lipinski definition) is 6. The summed E-state index contributed by atoms with van der Waals surface area (Å²) in [4.78, 5) is 29.3. The first-order chi connectivity index (χ1) is 17.4. The normalized spacial score (nSPS) is 14.8. The van der Waals surface area contributed by atoms with Crippen LogP contribution in [-0.4, -0.2) is 56.1 Å². The molecule has 2 amide bonds. The third kappa shape index (κ3) is 6.40. The molecule has 1 fully saturated rings. The zero-order valence-corrected chi connectivity index (χ0v) is 21.3. The monoisotopic (exact) mass is 510 g/mol. The lowest BCUT2D eigenvalue weighted by atomic mass is 9.95. The van der Waals surface area contributed by atoms with Crippen LogP contribution in [0.5, 0.6) is 5.75 Å². The highest BCUT2D eigenvalue weighted by molar-refractivity contribution is 6.31. The molecule has 10 heteroatoms. The molecule has 1 unspecified atom stereocenters. The second-order valence-corrected chi connectivity index (χ2v) is 9.41. The van der Waals surface area contributed by atoms with Gasteiger partial charge >= 0.3 is 0 Å². The van der Waals surface area contributed by atoms with Crippen molar-refractivity contribution in [2.24, 2.45) is 0 Å². The SMILES string of the molecule is COc1ccc(-c2nnn(CC(=O)N(Cc3ccccc3Cl)C(C)C(=O)NC3CCCCC3)n2)cc1. The fourth-order valence-electron chi connectivity index (χ4n) is 4.34. The number of carbonyl (C=O) groups is 2. The summed E-state index contributed by atoms with van der Waals surface area (Å²) in [6.45, 7) is 1.77. The third-order valence-electron chi connectivity index (χ3n) is 6.50. The number of nitrogens with one attached hydrogen (secondary N) is 1. The van der Waals surface area contributed by atoms with Gasteiger partial charge in [-0.2, -0.15) is 4.80 Å². The van der Waals surface area contributed by atoms with Gasteiger partial charge in [0.25, 0.3) is 0 Å². The minimum atomic E-state index is -0.694. The minimum Gasteiger partial charge on any atom is -0.497 e. The maximum absolute atomic E-state index is 13.5. The fourth-order valence-corrected chi connectivity index (χ4v) is 4.53. The van der Waals surface area contributed by atoms with E-state index in [-0.39, 0.29) is 30.9 Å². The van der Waals surface area contributed by atoms with Crippen LogP contribution in [0.25, 0.3) is 11.4 Å². The average Bonchev–Trinajstić information content (AvgIpc) is 3.36. The van der Waals surface area contributed by atoms with Crippen LogP contribution in [0.2, 0.25) is 5.02 Å². The van der Waals surface area contributed by atoms with Crippen molar-refractivity contribution < 1.29 is 14.3 Å². The molecule has 36 heavy (non-hydrogen) atoms. The van der Waals surface area contributed by atoms with Crippen LogP contribution in [-0.2, 0) is 22.7 Å². The zero-order valence-electron chi connectivity index (χ0n) is 20.6. The summed E-state index contributed by atoms with van der Waals surface area (Å²) in [6, 6.07) is 14.0. The van der Waals surface area contributed by atoms with Crippen molar-refractivity contribution in [2.45, 2.75) is 64.2 Å². The topological polar surface area (TPSA) is 102 Å². The molecule has 1 saturated carbocycles. The highest BCUT2D eigenvalue weighted by atomic mass is 35.5. The van der Waals surface area contributed by atoms with E-state index in [1.807, 2.05) is 30.3 Å². The molecule has 4 rings (SSSR count). The van der Waals surface area contributed by atoms with Crippen LogP contribution in [0.3, 0.4) is 0 Å². The molecule has 0 bridgehead atoms. The van der Waals surface area contributed by atoms with E-state index in [2.05, 4.69) is 20.7 Å². The highest BCUT2D eigenvalue weighted by Crippen LogP contribution is 2.21. The summed E-state index contributed by atoms with van der Waals surface area (Å²) in [7, 11) is 1.60. The summed E-state index contributed by atoms with van der Waals surface area (Å²) in [6.07, 6.45) is 5.34. The molecule has 190 valence electrons. The smallest absolute Gasteiger partial charge is 0.247 e. The molecular weight excluding hydrogens is 480 g/mol. The number of carbonyl (C=O) groups excluding carboxylic acids is 2. The minimum absolute atomic E-state index is 0.148. The molecule has 1 aliphatic rings. The van der Waals surface area contributed by atoms with Gasteiger partial charge in [-0.3, -0.25) is 9.59 Å². The van der Waals surface area contributed by atoms with Gasteiger partial charge in [0.2, 0.25) is 17.6 Å². The summed E-state index contributed by atoms with van der Waals surface area (Å²) < 4.78 is 5.18. The first kappa shape index (κ1) is 25.6. The lowest BCUT2D eigenvalue weighted by Gasteiger charge is -2.31. The van der Waals surface area contributed by atoms with Gasteiger partial charge in [0, 0.05) is 23.2 Å². The van der Waals surface area contributed by atoms with Gasteiger partial charge in [-0.15, -0.1) is 10.2 Å². The highest BCUT2D eigenvalue weighted by Gasteiger charge is 2.29. The fraction of sp³-hybridized carbons (Fsp3) is 0.423. The molecule has 0 spiro atoms. The number of hydrogen-bond donors (Lipinski definition) is 1. The second-order valence-electron chi connectivity index (χ2n) is 9.00. The molecule has 0 aliphatic heterocycles. The van der Waals surface area contributed by atoms with Gasteiger partial charge in [-0.05, 0) is 60.9 Å². The number of halogens is 1. The molecule has 2 aromatic carbocycles. The van der Waals surface area contributed by atoms with E-state index in [9.17, 15) is 9.59 Å². The van der Waals surface area contributed by atoms with Crippen molar-refractivity contribution in [1.82, 2.24) is 30.4 Å². The molecule has 1 N–H and O–H groups in total. The molecule has 1 aliphatic carbocycles. The quantitative estimate of drug-likeness (QED) is 0.469. The molecule has 1 atom stereocenters. The van der Waals surface area contributed by atoms with E-state index in [1.54, 1.807) is 32.2 Å².